The van der Waals surface area contributed by atoms with Gasteiger partial charge in [-0.15, -0.1) is 0 Å². The molecule has 0 aliphatic carbocycles. The van der Waals surface area contributed by atoms with Crippen LogP contribution in [-0.2, 0) is 14.4 Å². The summed E-state index contributed by atoms with van der Waals surface area (Å²) >= 11 is 0. The minimum Gasteiger partial charge on any atom is -0.378 e. The molecule has 0 unspecified atom stereocenters. The number of para-hydroxylation sites is 1. The van der Waals surface area contributed by atoms with E-state index in [2.05, 4.69) is 10.6 Å². The van der Waals surface area contributed by atoms with E-state index in [1.807, 2.05) is 36.4 Å². The van der Waals surface area contributed by atoms with Crippen molar-refractivity contribution in [3.63, 3.8) is 0 Å². The largest absolute Gasteiger partial charge is 0.378 e. The number of nitrogens with one attached hydrogen (secondary N) is 2. The number of halogens is 2. The lowest BCUT2D eigenvalue weighted by Gasteiger charge is -2.24. The van der Waals surface area contributed by atoms with E-state index in [4.69, 9.17) is 0 Å². The maximum Gasteiger partial charge on any atom is 0.254 e. The van der Waals surface area contributed by atoms with Crippen LogP contribution in [0.1, 0.15) is 30.2 Å². The number of aliphatic hydroxyl groups excluding tert-OH is 1. The van der Waals surface area contributed by atoms with E-state index >= 15 is 0 Å². The fourth-order valence-corrected chi connectivity index (χ4v) is 4.08. The summed E-state index contributed by atoms with van der Waals surface area (Å²) in [5.74, 6) is -3.97. The number of amides is 3. The molecule has 1 aliphatic rings. The predicted molar refractivity (Wildman–Crippen MR) is 125 cm³/mol. The maximum atomic E-state index is 13.4. The highest BCUT2D eigenvalue weighted by molar-refractivity contribution is 6.06. The Morgan fingerprint density at radius 1 is 0.943 bits per heavy atom. The van der Waals surface area contributed by atoms with Crippen molar-refractivity contribution in [1.82, 2.24) is 10.6 Å². The van der Waals surface area contributed by atoms with Gasteiger partial charge >= 0.3 is 0 Å². The fourth-order valence-electron chi connectivity index (χ4n) is 4.08. The third-order valence-electron chi connectivity index (χ3n) is 5.89. The molecule has 3 amide bonds. The standard InChI is InChI=1S/C26H23F2N3O4/c1-14(29-25(34)23(32)15-11-16(27)13-17(28)12-15)24(33)30-22-20-9-4-3-7-18(20)19-8-5-6-10-21(19)31(2)26(22)35/h3-14,22-23,32H,1-2H3,(H,29,34)(H,30,33)/t14-,22-,23-/m1/s1. The van der Waals surface area contributed by atoms with Crippen molar-refractivity contribution in [1.29, 1.82) is 0 Å². The summed E-state index contributed by atoms with van der Waals surface area (Å²) in [6.45, 7) is 1.37. The van der Waals surface area contributed by atoms with Crippen molar-refractivity contribution in [2.24, 2.45) is 0 Å². The van der Waals surface area contributed by atoms with Crippen molar-refractivity contribution in [3.05, 3.63) is 89.5 Å². The number of nitrogens with zero attached hydrogens (tertiary/aromatic N) is 1. The van der Waals surface area contributed by atoms with Crippen molar-refractivity contribution in [2.45, 2.75) is 25.1 Å². The highest BCUT2D eigenvalue weighted by Crippen LogP contribution is 2.39. The van der Waals surface area contributed by atoms with Crippen LogP contribution in [0.4, 0.5) is 14.5 Å². The summed E-state index contributed by atoms with van der Waals surface area (Å²) in [5.41, 5.74) is 2.61. The number of likely N-dealkylation sites (N-methyl/N-ethyl adjacent to an activating group) is 1. The van der Waals surface area contributed by atoms with Crippen LogP contribution in [0.5, 0.6) is 0 Å². The number of anilines is 1. The molecule has 1 aliphatic heterocycles. The summed E-state index contributed by atoms with van der Waals surface area (Å²) in [6, 6.07) is 14.7. The van der Waals surface area contributed by atoms with E-state index in [1.54, 1.807) is 19.2 Å². The Hall–Kier alpha value is -4.11. The zero-order chi connectivity index (χ0) is 25.3. The van der Waals surface area contributed by atoms with Crippen LogP contribution in [0.2, 0.25) is 0 Å². The number of hydrogen-bond donors (Lipinski definition) is 3. The van der Waals surface area contributed by atoms with Crippen LogP contribution in [0.15, 0.2) is 66.7 Å². The molecule has 3 N–H and O–H groups in total. The van der Waals surface area contributed by atoms with Crippen molar-refractivity contribution >= 4 is 23.4 Å². The minimum absolute atomic E-state index is 0.292. The summed E-state index contributed by atoms with van der Waals surface area (Å²) < 4.78 is 26.9. The third-order valence-corrected chi connectivity index (χ3v) is 5.89. The molecule has 0 spiro atoms. The van der Waals surface area contributed by atoms with Crippen LogP contribution in [-0.4, -0.2) is 35.9 Å². The van der Waals surface area contributed by atoms with Crippen LogP contribution in [0, 0.1) is 11.6 Å². The van der Waals surface area contributed by atoms with Gasteiger partial charge in [-0.05, 0) is 41.8 Å². The highest BCUT2D eigenvalue weighted by atomic mass is 19.1. The molecule has 35 heavy (non-hydrogen) atoms. The zero-order valence-corrected chi connectivity index (χ0v) is 19.0. The topological polar surface area (TPSA) is 98.7 Å². The predicted octanol–water partition coefficient (Wildman–Crippen LogP) is 3.00. The maximum absolute atomic E-state index is 13.4. The molecule has 0 saturated heterocycles. The van der Waals surface area contributed by atoms with Gasteiger partial charge in [0.05, 0.1) is 5.69 Å². The lowest BCUT2D eigenvalue weighted by Crippen LogP contribution is -2.49. The summed E-state index contributed by atoms with van der Waals surface area (Å²) in [5, 5.41) is 15.2. The molecule has 3 aromatic rings. The molecule has 0 saturated carbocycles. The molecule has 0 bridgehead atoms. The third kappa shape index (κ3) is 4.76. The van der Waals surface area contributed by atoms with Gasteiger partial charge in [-0.2, -0.15) is 0 Å². The first-order valence-corrected chi connectivity index (χ1v) is 10.9. The van der Waals surface area contributed by atoms with Gasteiger partial charge in [0.2, 0.25) is 5.91 Å². The molecular weight excluding hydrogens is 456 g/mol. The first kappa shape index (κ1) is 24.0. The number of fused-ring (bicyclic) bond motifs is 3. The van der Waals surface area contributed by atoms with E-state index in [9.17, 15) is 28.3 Å². The smallest absolute Gasteiger partial charge is 0.254 e. The molecule has 0 fully saturated rings. The van der Waals surface area contributed by atoms with E-state index in [1.165, 1.54) is 11.8 Å². The monoisotopic (exact) mass is 479 g/mol. The first-order valence-electron chi connectivity index (χ1n) is 10.9. The van der Waals surface area contributed by atoms with Crippen molar-refractivity contribution in [2.75, 3.05) is 11.9 Å². The Balaban J connectivity index is 1.54. The summed E-state index contributed by atoms with van der Waals surface area (Å²) in [4.78, 5) is 40.2. The number of carbonyl (C=O) groups is 3. The molecule has 180 valence electrons. The van der Waals surface area contributed by atoms with Gasteiger partial charge in [0, 0.05) is 18.7 Å². The lowest BCUT2D eigenvalue weighted by molar-refractivity contribution is -0.134. The van der Waals surface area contributed by atoms with E-state index in [0.29, 0.717) is 17.3 Å². The van der Waals surface area contributed by atoms with Gasteiger partial charge in [0.1, 0.15) is 23.7 Å². The summed E-state index contributed by atoms with van der Waals surface area (Å²) in [7, 11) is 1.62. The van der Waals surface area contributed by atoms with E-state index < -0.39 is 41.6 Å². The second-order valence-electron chi connectivity index (χ2n) is 8.28. The van der Waals surface area contributed by atoms with Gasteiger partial charge in [-0.3, -0.25) is 14.4 Å². The molecule has 0 radical (unpaired) electrons. The zero-order valence-electron chi connectivity index (χ0n) is 19.0. The molecular formula is C26H23F2N3O4. The SMILES string of the molecule is C[C@@H](NC(=O)[C@H](O)c1cc(F)cc(F)c1)C(=O)N[C@H]1C(=O)N(C)c2ccccc2-c2ccccc21. The molecule has 3 atom stereocenters. The molecule has 1 heterocycles. The number of rotatable bonds is 5. The number of aliphatic hydroxyl groups is 1. The first-order chi connectivity index (χ1) is 16.7. The Labute approximate surface area is 200 Å². The Kier molecular flexibility index (Phi) is 6.61. The van der Waals surface area contributed by atoms with Gasteiger partial charge in [-0.25, -0.2) is 8.78 Å². The fraction of sp³-hybridized carbons (Fsp3) is 0.192. The van der Waals surface area contributed by atoms with Crippen LogP contribution in [0.25, 0.3) is 11.1 Å². The van der Waals surface area contributed by atoms with Gasteiger partial charge in [0.15, 0.2) is 6.10 Å². The Bertz CT molecular complexity index is 1290. The van der Waals surface area contributed by atoms with Crippen LogP contribution in [0.3, 0.4) is 0 Å². The normalized spacial score (nSPS) is 16.4. The van der Waals surface area contributed by atoms with E-state index in [0.717, 1.165) is 23.3 Å². The average molecular weight is 479 g/mol. The quantitative estimate of drug-likeness (QED) is 0.524. The van der Waals surface area contributed by atoms with Crippen molar-refractivity contribution < 1.29 is 28.3 Å². The van der Waals surface area contributed by atoms with Crippen LogP contribution >= 0.6 is 0 Å². The number of benzene rings is 3. The molecule has 4 rings (SSSR count). The Morgan fingerprint density at radius 2 is 1.54 bits per heavy atom. The minimum atomic E-state index is -1.89. The Morgan fingerprint density at radius 3 is 2.23 bits per heavy atom. The van der Waals surface area contributed by atoms with Gasteiger partial charge in [0.25, 0.3) is 11.8 Å². The molecule has 9 heteroatoms. The van der Waals surface area contributed by atoms with Gasteiger partial charge in [-0.1, -0.05) is 42.5 Å². The second kappa shape index (κ2) is 9.63. The van der Waals surface area contributed by atoms with E-state index in [-0.39, 0.29) is 11.5 Å². The van der Waals surface area contributed by atoms with Crippen molar-refractivity contribution in [3.8, 4) is 11.1 Å². The average Bonchev–Trinajstić information content (AvgIpc) is 2.92. The number of carbonyl (C=O) groups excluding carboxylic acids is 3. The second-order valence-corrected chi connectivity index (χ2v) is 8.28. The lowest BCUT2D eigenvalue weighted by atomic mass is 9.95. The highest BCUT2D eigenvalue weighted by Gasteiger charge is 2.34. The number of hydrogen-bond acceptors (Lipinski definition) is 4. The van der Waals surface area contributed by atoms with Gasteiger partial charge < -0.3 is 20.6 Å². The van der Waals surface area contributed by atoms with Crippen LogP contribution < -0.4 is 15.5 Å². The summed E-state index contributed by atoms with van der Waals surface area (Å²) in [6.07, 6.45) is -1.89. The molecule has 7 nitrogen and oxygen atoms in total. The molecule has 3 aromatic carbocycles. The molecule has 0 aromatic heterocycles.